The first-order chi connectivity index (χ1) is 13.7. The van der Waals surface area contributed by atoms with Gasteiger partial charge < -0.3 is 10.3 Å². The number of aryl methyl sites for hydroxylation is 1. The molecular weight excluding hydrogens is 350 g/mol. The van der Waals surface area contributed by atoms with E-state index in [4.69, 9.17) is 0 Å². The summed E-state index contributed by atoms with van der Waals surface area (Å²) in [5, 5.41) is 13.2. The Morgan fingerprint density at radius 3 is 2.61 bits per heavy atom. The van der Waals surface area contributed by atoms with Crippen LogP contribution in [0.2, 0.25) is 0 Å². The van der Waals surface area contributed by atoms with Gasteiger partial charge in [-0.15, -0.1) is 0 Å². The van der Waals surface area contributed by atoms with E-state index in [9.17, 15) is 10.1 Å². The van der Waals surface area contributed by atoms with Crippen LogP contribution in [0.5, 0.6) is 0 Å². The van der Waals surface area contributed by atoms with E-state index in [-0.39, 0.29) is 12.0 Å². The maximum absolute atomic E-state index is 13.2. The van der Waals surface area contributed by atoms with Crippen molar-refractivity contribution in [1.82, 2.24) is 15.0 Å². The van der Waals surface area contributed by atoms with Crippen LogP contribution in [0.1, 0.15) is 16.8 Å². The molecular formula is C22H17N5O. The third-order valence-electron chi connectivity index (χ3n) is 4.65. The van der Waals surface area contributed by atoms with Crippen molar-refractivity contribution in [2.75, 3.05) is 5.32 Å². The second kappa shape index (κ2) is 7.33. The van der Waals surface area contributed by atoms with Crippen LogP contribution in [0, 0.1) is 18.3 Å². The maximum atomic E-state index is 13.2. The maximum Gasteiger partial charge on any atom is 0.194 e. The minimum absolute atomic E-state index is 0.0509. The molecule has 0 bridgehead atoms. The molecule has 2 heterocycles. The normalized spacial score (nSPS) is 10.6. The lowest BCUT2D eigenvalue weighted by molar-refractivity contribution is 1.03. The number of pyridine rings is 1. The van der Waals surface area contributed by atoms with Gasteiger partial charge in [-0.1, -0.05) is 42.5 Å². The van der Waals surface area contributed by atoms with E-state index < -0.39 is 0 Å². The summed E-state index contributed by atoms with van der Waals surface area (Å²) >= 11 is 0. The predicted molar refractivity (Wildman–Crippen MR) is 109 cm³/mol. The van der Waals surface area contributed by atoms with Gasteiger partial charge in [-0.05, 0) is 24.6 Å². The standard InChI is InChI=1S/C22H17N5O/c1-14-17(11-23)22(26-13-25-14)24-12-18-20(15-7-3-2-4-8-15)27-19-10-6-5-9-16(19)21(18)28/h2-10,13H,12H2,1H3,(H,27,28)(H,24,25,26). The number of fused-ring (bicyclic) bond motifs is 1. The van der Waals surface area contributed by atoms with E-state index in [2.05, 4.69) is 26.3 Å². The fourth-order valence-corrected chi connectivity index (χ4v) is 3.21. The van der Waals surface area contributed by atoms with Crippen LogP contribution in [-0.4, -0.2) is 15.0 Å². The Hall–Kier alpha value is -3.98. The molecule has 2 aromatic carbocycles. The molecule has 6 nitrogen and oxygen atoms in total. The Kier molecular flexibility index (Phi) is 4.56. The average molecular weight is 367 g/mol. The largest absolute Gasteiger partial charge is 0.365 e. The van der Waals surface area contributed by atoms with Gasteiger partial charge in [-0.2, -0.15) is 5.26 Å². The Morgan fingerprint density at radius 2 is 1.82 bits per heavy atom. The molecule has 6 heteroatoms. The van der Waals surface area contributed by atoms with Gasteiger partial charge in [0.1, 0.15) is 23.8 Å². The molecule has 4 aromatic rings. The van der Waals surface area contributed by atoms with Gasteiger partial charge in [0, 0.05) is 23.0 Å². The molecule has 28 heavy (non-hydrogen) atoms. The van der Waals surface area contributed by atoms with Gasteiger partial charge in [0.2, 0.25) is 0 Å². The summed E-state index contributed by atoms with van der Waals surface area (Å²) in [6, 6.07) is 19.3. The second-order valence-electron chi connectivity index (χ2n) is 6.37. The van der Waals surface area contributed by atoms with Crippen LogP contribution < -0.4 is 10.7 Å². The topological polar surface area (TPSA) is 94.5 Å². The van der Waals surface area contributed by atoms with E-state index in [1.165, 1.54) is 6.33 Å². The number of nitrogens with zero attached hydrogens (tertiary/aromatic N) is 3. The molecule has 0 spiro atoms. The van der Waals surface area contributed by atoms with Gasteiger partial charge in [0.25, 0.3) is 0 Å². The number of rotatable bonds is 4. The molecule has 0 fully saturated rings. The number of H-pyrrole nitrogens is 1. The summed E-state index contributed by atoms with van der Waals surface area (Å²) in [5.41, 5.74) is 3.96. The number of benzene rings is 2. The molecule has 2 aromatic heterocycles. The van der Waals surface area contributed by atoms with Crippen molar-refractivity contribution < 1.29 is 0 Å². The molecule has 0 aliphatic carbocycles. The van der Waals surface area contributed by atoms with Crippen molar-refractivity contribution in [3.63, 3.8) is 0 Å². The molecule has 136 valence electrons. The number of para-hydroxylation sites is 1. The Labute approximate surface area is 161 Å². The van der Waals surface area contributed by atoms with Crippen LogP contribution in [0.3, 0.4) is 0 Å². The highest BCUT2D eigenvalue weighted by atomic mass is 16.1. The first-order valence-electron chi connectivity index (χ1n) is 8.84. The lowest BCUT2D eigenvalue weighted by Crippen LogP contribution is -2.17. The lowest BCUT2D eigenvalue weighted by Gasteiger charge is -2.13. The van der Waals surface area contributed by atoms with E-state index in [1.54, 1.807) is 6.92 Å². The molecule has 0 unspecified atom stereocenters. The lowest BCUT2D eigenvalue weighted by atomic mass is 10.0. The van der Waals surface area contributed by atoms with Crippen molar-refractivity contribution in [3.05, 3.63) is 88.0 Å². The average Bonchev–Trinajstić information content (AvgIpc) is 2.73. The zero-order valence-electron chi connectivity index (χ0n) is 15.2. The molecule has 0 amide bonds. The third-order valence-corrected chi connectivity index (χ3v) is 4.65. The number of anilines is 1. The van der Waals surface area contributed by atoms with Crippen molar-refractivity contribution >= 4 is 16.7 Å². The van der Waals surface area contributed by atoms with Gasteiger partial charge in [-0.3, -0.25) is 4.79 Å². The van der Waals surface area contributed by atoms with Crippen LogP contribution in [0.15, 0.2) is 65.7 Å². The third kappa shape index (κ3) is 3.10. The number of aromatic nitrogens is 3. The molecule has 0 atom stereocenters. The predicted octanol–water partition coefficient (Wildman–Crippen LogP) is 3.78. The fourth-order valence-electron chi connectivity index (χ4n) is 3.21. The molecule has 0 radical (unpaired) electrons. The molecule has 0 aliphatic rings. The van der Waals surface area contributed by atoms with Gasteiger partial charge >= 0.3 is 0 Å². The van der Waals surface area contributed by atoms with Crippen molar-refractivity contribution in [3.8, 4) is 17.3 Å². The summed E-state index contributed by atoms with van der Waals surface area (Å²) in [4.78, 5) is 24.8. The quantitative estimate of drug-likeness (QED) is 0.572. The van der Waals surface area contributed by atoms with Gasteiger partial charge in [0.15, 0.2) is 5.43 Å². The van der Waals surface area contributed by atoms with Gasteiger partial charge in [-0.25, -0.2) is 9.97 Å². The van der Waals surface area contributed by atoms with E-state index in [1.807, 2.05) is 54.6 Å². The summed E-state index contributed by atoms with van der Waals surface area (Å²) in [6.45, 7) is 1.99. The number of hydrogen-bond donors (Lipinski definition) is 2. The highest BCUT2D eigenvalue weighted by molar-refractivity contribution is 5.83. The molecule has 0 saturated heterocycles. The Morgan fingerprint density at radius 1 is 1.07 bits per heavy atom. The van der Waals surface area contributed by atoms with Crippen molar-refractivity contribution in [2.45, 2.75) is 13.5 Å². The zero-order chi connectivity index (χ0) is 19.5. The summed E-state index contributed by atoms with van der Waals surface area (Å²) in [5.74, 6) is 0.418. The summed E-state index contributed by atoms with van der Waals surface area (Å²) in [6.07, 6.45) is 1.40. The van der Waals surface area contributed by atoms with Crippen LogP contribution in [0.25, 0.3) is 22.2 Å². The summed E-state index contributed by atoms with van der Waals surface area (Å²) in [7, 11) is 0. The van der Waals surface area contributed by atoms with E-state index in [0.29, 0.717) is 28.0 Å². The van der Waals surface area contributed by atoms with Gasteiger partial charge in [0.05, 0.1) is 11.4 Å². The number of aromatic amines is 1. The summed E-state index contributed by atoms with van der Waals surface area (Å²) < 4.78 is 0. The SMILES string of the molecule is Cc1ncnc(NCc2c(-c3ccccc3)[nH]c3ccccc3c2=O)c1C#N. The van der Waals surface area contributed by atoms with Crippen LogP contribution in [0.4, 0.5) is 5.82 Å². The monoisotopic (exact) mass is 367 g/mol. The van der Waals surface area contributed by atoms with Crippen LogP contribution >= 0.6 is 0 Å². The molecule has 0 saturated carbocycles. The molecule has 0 aliphatic heterocycles. The first-order valence-corrected chi connectivity index (χ1v) is 8.84. The fraction of sp³-hybridized carbons (Fsp3) is 0.0909. The molecule has 4 rings (SSSR count). The highest BCUT2D eigenvalue weighted by Crippen LogP contribution is 2.23. The zero-order valence-corrected chi connectivity index (χ0v) is 15.2. The second-order valence-corrected chi connectivity index (χ2v) is 6.37. The Balaban J connectivity index is 1.84. The molecule has 2 N–H and O–H groups in total. The van der Waals surface area contributed by atoms with E-state index in [0.717, 1.165) is 16.8 Å². The minimum Gasteiger partial charge on any atom is -0.365 e. The number of nitrogens with one attached hydrogen (secondary N) is 2. The van der Waals surface area contributed by atoms with Crippen molar-refractivity contribution in [2.24, 2.45) is 0 Å². The number of nitriles is 1. The minimum atomic E-state index is -0.0509. The highest BCUT2D eigenvalue weighted by Gasteiger charge is 2.15. The Bertz CT molecular complexity index is 1260. The first kappa shape index (κ1) is 17.4. The number of hydrogen-bond acceptors (Lipinski definition) is 5. The van der Waals surface area contributed by atoms with E-state index >= 15 is 0 Å². The smallest absolute Gasteiger partial charge is 0.194 e. The van der Waals surface area contributed by atoms with Crippen LogP contribution in [-0.2, 0) is 6.54 Å². The van der Waals surface area contributed by atoms with Crippen molar-refractivity contribution in [1.29, 1.82) is 5.26 Å².